The van der Waals surface area contributed by atoms with Gasteiger partial charge >= 0.3 is 0 Å². The van der Waals surface area contributed by atoms with Gasteiger partial charge in [0, 0.05) is 39.4 Å². The summed E-state index contributed by atoms with van der Waals surface area (Å²) in [5, 5.41) is 3.29. The van der Waals surface area contributed by atoms with Gasteiger partial charge in [0.05, 0.1) is 0 Å². The van der Waals surface area contributed by atoms with Crippen LogP contribution in [0.3, 0.4) is 0 Å². The number of Topliss-reactive ketones (excluding diaryl/α,β-unsaturated/α-hetero) is 1. The second-order valence-electron chi connectivity index (χ2n) is 5.23. The molecule has 0 spiro atoms. The monoisotopic (exact) mass is 343 g/mol. The van der Waals surface area contributed by atoms with E-state index in [1.54, 1.807) is 23.9 Å². The Labute approximate surface area is 143 Å². The van der Waals surface area contributed by atoms with Crippen LogP contribution < -0.4 is 5.32 Å². The topological polar surface area (TPSA) is 46.2 Å². The molecule has 0 saturated carbocycles. The molecule has 0 unspecified atom stereocenters. The molecule has 2 aromatic carbocycles. The fourth-order valence-corrected chi connectivity index (χ4v) is 3.54. The highest BCUT2D eigenvalue weighted by molar-refractivity contribution is 7.99. The van der Waals surface area contributed by atoms with Gasteiger partial charge in [0.2, 0.25) is 5.91 Å². The van der Waals surface area contributed by atoms with E-state index in [-0.39, 0.29) is 11.7 Å². The minimum atomic E-state index is -0.108. The van der Waals surface area contributed by atoms with E-state index >= 15 is 0 Å². The van der Waals surface area contributed by atoms with Gasteiger partial charge in [-0.3, -0.25) is 9.59 Å². The summed E-state index contributed by atoms with van der Waals surface area (Å²) in [6.45, 7) is 1.47. The first-order valence-corrected chi connectivity index (χ1v) is 8.44. The van der Waals surface area contributed by atoms with Crippen molar-refractivity contribution in [3.63, 3.8) is 0 Å². The van der Waals surface area contributed by atoms with Crippen molar-refractivity contribution < 1.29 is 9.59 Å². The van der Waals surface area contributed by atoms with E-state index in [2.05, 4.69) is 5.32 Å². The highest BCUT2D eigenvalue weighted by atomic mass is 35.5. The van der Waals surface area contributed by atoms with Crippen molar-refractivity contribution in [3.8, 4) is 0 Å². The Bertz CT molecular complexity index is 812. The van der Waals surface area contributed by atoms with Crippen LogP contribution in [0.1, 0.15) is 22.8 Å². The third kappa shape index (κ3) is 3.66. The van der Waals surface area contributed by atoms with Crippen LogP contribution in [0.15, 0.2) is 52.9 Å². The number of amides is 1. The Balaban J connectivity index is 1.86. The molecule has 0 radical (unpaired) electrons. The number of hydrogen-bond acceptors (Lipinski definition) is 3. The van der Waals surface area contributed by atoms with Crippen LogP contribution in [0, 0.1) is 0 Å². The Kier molecular flexibility index (Phi) is 4.55. The standard InChI is InChI=1S/C18H14ClNO2S/c1-11(21)20-15-5-2-12(3-6-15)8-13-10-23-17-7-4-14(19)9-16(17)18(13)22/h2-9H,10H2,1H3,(H,20,21). The van der Waals surface area contributed by atoms with Crippen molar-refractivity contribution in [1.82, 2.24) is 0 Å². The predicted octanol–water partition coefficient (Wildman–Crippen LogP) is 4.67. The molecule has 0 aromatic heterocycles. The van der Waals surface area contributed by atoms with Crippen LogP contribution in [-0.2, 0) is 4.79 Å². The van der Waals surface area contributed by atoms with Gasteiger partial charge in [0.25, 0.3) is 0 Å². The van der Waals surface area contributed by atoms with Crippen LogP contribution in [0.2, 0.25) is 5.02 Å². The van der Waals surface area contributed by atoms with Gasteiger partial charge in [-0.2, -0.15) is 0 Å². The van der Waals surface area contributed by atoms with Crippen LogP contribution >= 0.6 is 23.4 Å². The SMILES string of the molecule is CC(=O)Nc1ccc(C=C2CSc3ccc(Cl)cc3C2=O)cc1. The molecular weight excluding hydrogens is 330 g/mol. The lowest BCUT2D eigenvalue weighted by Crippen LogP contribution is -2.12. The summed E-state index contributed by atoms with van der Waals surface area (Å²) in [7, 11) is 0. The number of rotatable bonds is 2. The first-order chi connectivity index (χ1) is 11.0. The highest BCUT2D eigenvalue weighted by Gasteiger charge is 2.22. The molecular formula is C18H14ClNO2S. The molecule has 3 rings (SSSR count). The summed E-state index contributed by atoms with van der Waals surface area (Å²) in [6, 6.07) is 12.8. The lowest BCUT2D eigenvalue weighted by atomic mass is 10.0. The molecule has 0 bridgehead atoms. The van der Waals surface area contributed by atoms with Crippen LogP contribution in [0.4, 0.5) is 5.69 Å². The molecule has 1 amide bonds. The fourth-order valence-electron chi connectivity index (χ4n) is 2.37. The Morgan fingerprint density at radius 2 is 1.96 bits per heavy atom. The number of hydrogen-bond donors (Lipinski definition) is 1. The zero-order chi connectivity index (χ0) is 16.4. The second kappa shape index (κ2) is 6.60. The maximum absolute atomic E-state index is 12.6. The number of thioether (sulfide) groups is 1. The Morgan fingerprint density at radius 3 is 2.65 bits per heavy atom. The lowest BCUT2D eigenvalue weighted by molar-refractivity contribution is -0.114. The number of fused-ring (bicyclic) bond motifs is 1. The number of carbonyl (C=O) groups is 2. The van der Waals surface area contributed by atoms with E-state index in [0.717, 1.165) is 21.7 Å². The average molecular weight is 344 g/mol. The van der Waals surface area contributed by atoms with Crippen molar-refractivity contribution >= 4 is 46.8 Å². The first kappa shape index (κ1) is 15.8. The molecule has 1 heterocycles. The molecule has 2 aromatic rings. The maximum atomic E-state index is 12.6. The first-order valence-electron chi connectivity index (χ1n) is 7.08. The van der Waals surface area contributed by atoms with Crippen molar-refractivity contribution in [2.75, 3.05) is 11.1 Å². The van der Waals surface area contributed by atoms with Gasteiger partial charge in [-0.25, -0.2) is 0 Å². The zero-order valence-corrected chi connectivity index (χ0v) is 14.0. The maximum Gasteiger partial charge on any atom is 0.221 e. The molecule has 0 aliphatic carbocycles. The Hall–Kier alpha value is -2.04. The molecule has 116 valence electrons. The molecule has 1 aliphatic heterocycles. The molecule has 3 nitrogen and oxygen atoms in total. The fraction of sp³-hybridized carbons (Fsp3) is 0.111. The predicted molar refractivity (Wildman–Crippen MR) is 95.2 cm³/mol. The number of halogens is 1. The number of nitrogens with one attached hydrogen (secondary N) is 1. The normalized spacial score (nSPS) is 15.4. The summed E-state index contributed by atoms with van der Waals surface area (Å²) < 4.78 is 0. The minimum Gasteiger partial charge on any atom is -0.326 e. The lowest BCUT2D eigenvalue weighted by Gasteiger charge is -2.17. The van der Waals surface area contributed by atoms with E-state index in [1.165, 1.54) is 6.92 Å². The average Bonchev–Trinajstić information content (AvgIpc) is 2.52. The second-order valence-corrected chi connectivity index (χ2v) is 6.68. The minimum absolute atomic E-state index is 0.0205. The van der Waals surface area contributed by atoms with Gasteiger partial charge < -0.3 is 5.32 Å². The zero-order valence-electron chi connectivity index (χ0n) is 12.4. The Morgan fingerprint density at radius 1 is 1.22 bits per heavy atom. The van der Waals surface area contributed by atoms with Gasteiger partial charge in [0.1, 0.15) is 0 Å². The van der Waals surface area contributed by atoms with Gasteiger partial charge in [-0.05, 0) is 42.0 Å². The van der Waals surface area contributed by atoms with E-state index in [4.69, 9.17) is 11.6 Å². The molecule has 1 N–H and O–H groups in total. The van der Waals surface area contributed by atoms with Crippen molar-refractivity contribution in [1.29, 1.82) is 0 Å². The number of anilines is 1. The molecule has 5 heteroatoms. The van der Waals surface area contributed by atoms with Crippen molar-refractivity contribution in [3.05, 3.63) is 64.2 Å². The third-order valence-electron chi connectivity index (χ3n) is 3.43. The van der Waals surface area contributed by atoms with E-state index in [1.807, 2.05) is 36.4 Å². The quantitative estimate of drug-likeness (QED) is 0.806. The molecule has 0 fully saturated rings. The summed E-state index contributed by atoms with van der Waals surface area (Å²) in [4.78, 5) is 24.6. The number of benzene rings is 2. The van der Waals surface area contributed by atoms with E-state index < -0.39 is 0 Å². The molecule has 1 aliphatic rings. The number of ketones is 1. The van der Waals surface area contributed by atoms with E-state index in [0.29, 0.717) is 16.3 Å². The van der Waals surface area contributed by atoms with Gasteiger partial charge in [-0.1, -0.05) is 23.7 Å². The summed E-state index contributed by atoms with van der Waals surface area (Å²) in [6.07, 6.45) is 1.89. The highest BCUT2D eigenvalue weighted by Crippen LogP contribution is 2.34. The summed E-state index contributed by atoms with van der Waals surface area (Å²) >= 11 is 7.63. The largest absolute Gasteiger partial charge is 0.326 e. The van der Waals surface area contributed by atoms with Gasteiger partial charge in [0.15, 0.2) is 5.78 Å². The molecule has 0 saturated heterocycles. The van der Waals surface area contributed by atoms with Crippen molar-refractivity contribution in [2.24, 2.45) is 0 Å². The number of carbonyl (C=O) groups excluding carboxylic acids is 2. The van der Waals surface area contributed by atoms with Crippen molar-refractivity contribution in [2.45, 2.75) is 11.8 Å². The van der Waals surface area contributed by atoms with Crippen LogP contribution in [-0.4, -0.2) is 17.4 Å². The summed E-state index contributed by atoms with van der Waals surface area (Å²) in [5.41, 5.74) is 3.07. The van der Waals surface area contributed by atoms with Crippen LogP contribution in [0.25, 0.3) is 6.08 Å². The molecule has 0 atom stereocenters. The van der Waals surface area contributed by atoms with E-state index in [9.17, 15) is 9.59 Å². The smallest absolute Gasteiger partial charge is 0.221 e. The van der Waals surface area contributed by atoms with Crippen LogP contribution in [0.5, 0.6) is 0 Å². The van der Waals surface area contributed by atoms with Gasteiger partial charge in [-0.15, -0.1) is 11.8 Å². The third-order valence-corrected chi connectivity index (χ3v) is 4.79. The summed E-state index contributed by atoms with van der Waals surface area (Å²) in [5.74, 6) is 0.552. The molecule has 23 heavy (non-hydrogen) atoms.